The van der Waals surface area contributed by atoms with Gasteiger partial charge in [0.1, 0.15) is 0 Å². The van der Waals surface area contributed by atoms with Crippen LogP contribution in [-0.2, 0) is 11.3 Å². The molecule has 0 aromatic heterocycles. The van der Waals surface area contributed by atoms with Crippen LogP contribution >= 0.6 is 11.6 Å². The molecule has 0 aliphatic carbocycles. The summed E-state index contributed by atoms with van der Waals surface area (Å²) < 4.78 is 4.91. The topological polar surface area (TPSA) is 71.7 Å². The second-order valence-corrected chi connectivity index (χ2v) is 3.80. The lowest BCUT2D eigenvalue weighted by molar-refractivity contribution is 0.203. The van der Waals surface area contributed by atoms with E-state index in [-0.39, 0.29) is 0 Å². The van der Waals surface area contributed by atoms with Crippen LogP contribution in [0.15, 0.2) is 29.3 Å². The normalized spacial score (nSPS) is 11.4. The molecule has 1 aromatic rings. The Kier molecular flexibility index (Phi) is 6.39. The average molecular weight is 257 g/mol. The first-order valence-electron chi connectivity index (χ1n) is 5.24. The standard InChI is InChI=1S/C11H17ClN4O/c1-17-6-5-14-11(16-13)15-8-9-3-2-4-10(12)7-9/h2-4,7H,5-6,8,13H2,1H3,(H2,14,15,16). The number of methoxy groups -OCH3 is 1. The van der Waals surface area contributed by atoms with Crippen LogP contribution < -0.4 is 16.6 Å². The average Bonchev–Trinajstić information content (AvgIpc) is 2.34. The summed E-state index contributed by atoms with van der Waals surface area (Å²) in [6.45, 7) is 1.76. The van der Waals surface area contributed by atoms with E-state index in [1.165, 1.54) is 0 Å². The molecule has 0 amide bonds. The molecular formula is C11H17ClN4O. The van der Waals surface area contributed by atoms with Gasteiger partial charge in [-0.2, -0.15) is 0 Å². The third kappa shape index (κ3) is 5.53. The number of aliphatic imine (C=N–C) groups is 1. The van der Waals surface area contributed by atoms with E-state index < -0.39 is 0 Å². The molecule has 4 N–H and O–H groups in total. The first-order chi connectivity index (χ1) is 8.26. The van der Waals surface area contributed by atoms with Crippen LogP contribution in [0.3, 0.4) is 0 Å². The van der Waals surface area contributed by atoms with Crippen LogP contribution in [0, 0.1) is 0 Å². The Hall–Kier alpha value is -1.30. The van der Waals surface area contributed by atoms with Crippen LogP contribution in [0.5, 0.6) is 0 Å². The molecule has 0 radical (unpaired) electrons. The molecule has 0 atom stereocenters. The van der Waals surface area contributed by atoms with Crippen molar-refractivity contribution in [3.05, 3.63) is 34.9 Å². The summed E-state index contributed by atoms with van der Waals surface area (Å²) >= 11 is 5.88. The number of halogens is 1. The molecule has 0 spiro atoms. The molecule has 0 aliphatic heterocycles. The van der Waals surface area contributed by atoms with Crippen molar-refractivity contribution in [3.63, 3.8) is 0 Å². The number of nitrogens with one attached hydrogen (secondary N) is 2. The van der Waals surface area contributed by atoms with Crippen LogP contribution in [0.25, 0.3) is 0 Å². The van der Waals surface area contributed by atoms with Crippen molar-refractivity contribution in [3.8, 4) is 0 Å². The zero-order chi connectivity index (χ0) is 12.5. The van der Waals surface area contributed by atoms with Gasteiger partial charge in [-0.3, -0.25) is 5.43 Å². The Morgan fingerprint density at radius 2 is 2.35 bits per heavy atom. The lowest BCUT2D eigenvalue weighted by Crippen LogP contribution is -2.42. The molecule has 94 valence electrons. The highest BCUT2D eigenvalue weighted by Crippen LogP contribution is 2.11. The van der Waals surface area contributed by atoms with Crippen LogP contribution in [0.4, 0.5) is 0 Å². The Labute approximate surface area is 106 Å². The van der Waals surface area contributed by atoms with Gasteiger partial charge in [-0.05, 0) is 17.7 Å². The van der Waals surface area contributed by atoms with Crippen molar-refractivity contribution in [2.75, 3.05) is 20.3 Å². The highest BCUT2D eigenvalue weighted by Gasteiger charge is 1.96. The molecular weight excluding hydrogens is 240 g/mol. The molecule has 5 nitrogen and oxygen atoms in total. The fraction of sp³-hybridized carbons (Fsp3) is 0.364. The Bertz CT molecular complexity index is 370. The molecule has 0 saturated carbocycles. The van der Waals surface area contributed by atoms with Gasteiger partial charge >= 0.3 is 0 Å². The number of ether oxygens (including phenoxy) is 1. The third-order valence-corrected chi connectivity index (χ3v) is 2.28. The van der Waals surface area contributed by atoms with E-state index in [0.717, 1.165) is 5.56 Å². The maximum Gasteiger partial charge on any atom is 0.206 e. The molecule has 0 heterocycles. The molecule has 0 fully saturated rings. The minimum absolute atomic E-state index is 0.514. The highest BCUT2D eigenvalue weighted by molar-refractivity contribution is 6.30. The predicted molar refractivity (Wildman–Crippen MR) is 69.8 cm³/mol. The van der Waals surface area contributed by atoms with Crippen molar-refractivity contribution in [1.29, 1.82) is 0 Å². The fourth-order valence-corrected chi connectivity index (χ4v) is 1.44. The monoisotopic (exact) mass is 256 g/mol. The SMILES string of the molecule is COCCNC(=NCc1cccc(Cl)c1)NN. The Morgan fingerprint density at radius 1 is 1.53 bits per heavy atom. The summed E-state index contributed by atoms with van der Waals surface area (Å²) in [7, 11) is 1.64. The minimum atomic E-state index is 0.514. The molecule has 0 saturated heterocycles. The van der Waals surface area contributed by atoms with Crippen molar-refractivity contribution < 1.29 is 4.74 Å². The predicted octanol–water partition coefficient (Wildman–Crippen LogP) is 0.895. The van der Waals surface area contributed by atoms with Gasteiger partial charge in [0.15, 0.2) is 0 Å². The smallest absolute Gasteiger partial charge is 0.206 e. The van der Waals surface area contributed by atoms with Gasteiger partial charge in [0.25, 0.3) is 0 Å². The quantitative estimate of drug-likeness (QED) is 0.241. The van der Waals surface area contributed by atoms with Crippen molar-refractivity contribution in [2.45, 2.75) is 6.54 Å². The van der Waals surface area contributed by atoms with Crippen molar-refractivity contribution in [1.82, 2.24) is 10.7 Å². The second kappa shape index (κ2) is 7.89. The summed E-state index contributed by atoms with van der Waals surface area (Å²) in [6.07, 6.45) is 0. The fourth-order valence-electron chi connectivity index (χ4n) is 1.23. The lowest BCUT2D eigenvalue weighted by Gasteiger charge is -2.08. The summed E-state index contributed by atoms with van der Waals surface area (Å²) in [6, 6.07) is 7.54. The molecule has 0 unspecified atom stereocenters. The number of hydrogen-bond donors (Lipinski definition) is 3. The molecule has 0 aliphatic rings. The van der Waals surface area contributed by atoms with E-state index in [9.17, 15) is 0 Å². The van der Waals surface area contributed by atoms with E-state index in [1.807, 2.05) is 24.3 Å². The summed E-state index contributed by atoms with van der Waals surface area (Å²) in [5.41, 5.74) is 3.52. The van der Waals surface area contributed by atoms with E-state index in [4.69, 9.17) is 22.2 Å². The van der Waals surface area contributed by atoms with Gasteiger partial charge in [-0.1, -0.05) is 23.7 Å². The van der Waals surface area contributed by atoms with Gasteiger partial charge in [0, 0.05) is 18.7 Å². The molecule has 1 rings (SSSR count). The highest BCUT2D eigenvalue weighted by atomic mass is 35.5. The van der Waals surface area contributed by atoms with E-state index >= 15 is 0 Å². The van der Waals surface area contributed by atoms with Crippen LogP contribution in [0.2, 0.25) is 5.02 Å². The first-order valence-corrected chi connectivity index (χ1v) is 5.62. The largest absolute Gasteiger partial charge is 0.383 e. The van der Waals surface area contributed by atoms with Crippen molar-refractivity contribution >= 4 is 17.6 Å². The molecule has 6 heteroatoms. The zero-order valence-electron chi connectivity index (χ0n) is 9.74. The number of hydrazine groups is 1. The first kappa shape index (κ1) is 13.8. The lowest BCUT2D eigenvalue weighted by atomic mass is 10.2. The summed E-state index contributed by atoms with van der Waals surface area (Å²) in [4.78, 5) is 4.28. The van der Waals surface area contributed by atoms with Gasteiger partial charge in [-0.15, -0.1) is 0 Å². The van der Waals surface area contributed by atoms with Crippen molar-refractivity contribution in [2.24, 2.45) is 10.8 Å². The maximum atomic E-state index is 5.88. The Balaban J connectivity index is 2.49. The number of hydrogen-bond acceptors (Lipinski definition) is 3. The second-order valence-electron chi connectivity index (χ2n) is 3.36. The van der Waals surface area contributed by atoms with Gasteiger partial charge in [0.05, 0.1) is 13.2 Å². The molecule has 0 bridgehead atoms. The number of nitrogens with zero attached hydrogens (tertiary/aromatic N) is 1. The number of benzene rings is 1. The number of rotatable bonds is 5. The van der Waals surface area contributed by atoms with E-state index in [0.29, 0.717) is 30.7 Å². The molecule has 17 heavy (non-hydrogen) atoms. The van der Waals surface area contributed by atoms with E-state index in [1.54, 1.807) is 7.11 Å². The third-order valence-electron chi connectivity index (χ3n) is 2.04. The summed E-state index contributed by atoms with van der Waals surface area (Å²) in [5.74, 6) is 5.87. The Morgan fingerprint density at radius 3 is 3.00 bits per heavy atom. The summed E-state index contributed by atoms with van der Waals surface area (Å²) in [5, 5.41) is 3.71. The maximum absolute atomic E-state index is 5.88. The van der Waals surface area contributed by atoms with Gasteiger partial charge in [0.2, 0.25) is 5.96 Å². The van der Waals surface area contributed by atoms with Gasteiger partial charge < -0.3 is 10.1 Å². The van der Waals surface area contributed by atoms with E-state index in [2.05, 4.69) is 15.7 Å². The van der Waals surface area contributed by atoms with Gasteiger partial charge in [-0.25, -0.2) is 10.8 Å². The minimum Gasteiger partial charge on any atom is -0.383 e. The zero-order valence-corrected chi connectivity index (χ0v) is 10.5. The number of nitrogens with two attached hydrogens (primary N) is 1. The molecule has 1 aromatic carbocycles. The van der Waals surface area contributed by atoms with Crippen LogP contribution in [0.1, 0.15) is 5.56 Å². The van der Waals surface area contributed by atoms with Crippen LogP contribution in [-0.4, -0.2) is 26.2 Å². The number of guanidine groups is 1.